The number of aryl methyl sites for hydroxylation is 3. The van der Waals surface area contributed by atoms with Gasteiger partial charge in [-0.1, -0.05) is 0 Å². The number of non-ortho nitro benzene ring substituents is 1. The summed E-state index contributed by atoms with van der Waals surface area (Å²) in [4.78, 5) is 29.8. The molecule has 0 amide bonds. The largest absolute Gasteiger partial charge is 0.507 e. The second-order valence-corrected chi connectivity index (χ2v) is 7.50. The van der Waals surface area contributed by atoms with E-state index in [1.165, 1.54) is 34.0 Å². The number of rotatable bonds is 3. The number of phenols is 1. The van der Waals surface area contributed by atoms with E-state index in [4.69, 9.17) is 0 Å². The van der Waals surface area contributed by atoms with Gasteiger partial charge in [-0.3, -0.25) is 14.9 Å². The second kappa shape index (κ2) is 6.58. The number of aromatic nitrogens is 2. The van der Waals surface area contributed by atoms with Gasteiger partial charge in [0.05, 0.1) is 16.5 Å². The van der Waals surface area contributed by atoms with Gasteiger partial charge in [-0.2, -0.15) is 9.78 Å². The number of thiophene rings is 1. The molecule has 1 N–H and O–H groups in total. The SMILES string of the molecule is Cc1nc2sc3c(c2c(=O)n1/N=C/c1cc([N+](=O)[O-])ccc1O)CCCC3. The van der Waals surface area contributed by atoms with Crippen LogP contribution in [-0.2, 0) is 12.8 Å². The fraction of sp³-hybridized carbons (Fsp3) is 0.278. The van der Waals surface area contributed by atoms with Gasteiger partial charge in [-0.05, 0) is 44.2 Å². The number of nitro groups is 1. The highest BCUT2D eigenvalue weighted by Gasteiger charge is 2.21. The van der Waals surface area contributed by atoms with Crippen molar-refractivity contribution in [2.75, 3.05) is 0 Å². The molecule has 27 heavy (non-hydrogen) atoms. The first-order valence-electron chi connectivity index (χ1n) is 8.51. The van der Waals surface area contributed by atoms with Crippen LogP contribution in [0.15, 0.2) is 28.1 Å². The van der Waals surface area contributed by atoms with Crippen LogP contribution in [0.3, 0.4) is 0 Å². The number of hydrogen-bond acceptors (Lipinski definition) is 7. The fourth-order valence-corrected chi connectivity index (χ4v) is 4.61. The number of nitrogens with zero attached hydrogens (tertiary/aromatic N) is 4. The van der Waals surface area contributed by atoms with Crippen molar-refractivity contribution in [1.29, 1.82) is 0 Å². The van der Waals surface area contributed by atoms with Crippen molar-refractivity contribution in [3.05, 3.63) is 60.5 Å². The van der Waals surface area contributed by atoms with E-state index >= 15 is 0 Å². The van der Waals surface area contributed by atoms with Gasteiger partial charge in [0, 0.05) is 22.6 Å². The van der Waals surface area contributed by atoms with Crippen LogP contribution in [0.2, 0.25) is 0 Å². The Labute approximate surface area is 157 Å². The third-order valence-corrected chi connectivity index (χ3v) is 5.85. The predicted octanol–water partition coefficient (Wildman–Crippen LogP) is 3.14. The summed E-state index contributed by atoms with van der Waals surface area (Å²) in [5.41, 5.74) is 0.806. The van der Waals surface area contributed by atoms with E-state index < -0.39 is 4.92 Å². The number of fused-ring (bicyclic) bond motifs is 3. The first-order chi connectivity index (χ1) is 13.0. The Hall–Kier alpha value is -3.07. The van der Waals surface area contributed by atoms with E-state index in [0.717, 1.165) is 36.1 Å². The summed E-state index contributed by atoms with van der Waals surface area (Å²) in [5, 5.41) is 25.6. The molecular formula is C18H16N4O4S. The molecule has 9 heteroatoms. The predicted molar refractivity (Wildman–Crippen MR) is 103 cm³/mol. The molecule has 138 valence electrons. The summed E-state index contributed by atoms with van der Waals surface area (Å²) in [5.74, 6) is 0.268. The fourth-order valence-electron chi connectivity index (χ4n) is 3.31. The normalized spacial score (nSPS) is 14.0. The lowest BCUT2D eigenvalue weighted by atomic mass is 9.97. The Morgan fingerprint density at radius 1 is 1.37 bits per heavy atom. The van der Waals surface area contributed by atoms with Crippen LogP contribution in [0.1, 0.15) is 34.7 Å². The van der Waals surface area contributed by atoms with Gasteiger partial charge >= 0.3 is 0 Å². The van der Waals surface area contributed by atoms with Gasteiger partial charge in [-0.25, -0.2) is 4.98 Å². The number of nitro benzene ring substituents is 1. The van der Waals surface area contributed by atoms with E-state index in [9.17, 15) is 20.0 Å². The Morgan fingerprint density at radius 2 is 2.15 bits per heavy atom. The van der Waals surface area contributed by atoms with Crippen molar-refractivity contribution in [1.82, 2.24) is 9.66 Å². The number of hydrogen-bond donors (Lipinski definition) is 1. The van der Waals surface area contributed by atoms with Crippen molar-refractivity contribution >= 4 is 33.5 Å². The van der Waals surface area contributed by atoms with Crippen LogP contribution in [-0.4, -0.2) is 25.9 Å². The summed E-state index contributed by atoms with van der Waals surface area (Å²) in [6.45, 7) is 1.68. The highest BCUT2D eigenvalue weighted by Crippen LogP contribution is 2.33. The van der Waals surface area contributed by atoms with Crippen LogP contribution >= 0.6 is 11.3 Å². The molecular weight excluding hydrogens is 368 g/mol. The quantitative estimate of drug-likeness (QED) is 0.424. The second-order valence-electron chi connectivity index (χ2n) is 6.41. The highest BCUT2D eigenvalue weighted by atomic mass is 32.1. The van der Waals surface area contributed by atoms with Gasteiger partial charge < -0.3 is 5.11 Å². The van der Waals surface area contributed by atoms with Crippen molar-refractivity contribution < 1.29 is 10.0 Å². The van der Waals surface area contributed by atoms with E-state index in [1.807, 2.05) is 0 Å². The number of benzene rings is 1. The minimum atomic E-state index is -0.556. The third-order valence-electron chi connectivity index (χ3n) is 4.66. The van der Waals surface area contributed by atoms with Gasteiger partial charge in [0.25, 0.3) is 11.2 Å². The lowest BCUT2D eigenvalue weighted by molar-refractivity contribution is -0.384. The molecule has 0 radical (unpaired) electrons. The Balaban J connectivity index is 1.83. The molecule has 0 unspecified atom stereocenters. The third kappa shape index (κ3) is 2.99. The summed E-state index contributed by atoms with van der Waals surface area (Å²) < 4.78 is 1.18. The molecule has 1 aromatic carbocycles. The van der Waals surface area contributed by atoms with Gasteiger partial charge in [-0.15, -0.1) is 11.3 Å². The lowest BCUT2D eigenvalue weighted by Crippen LogP contribution is -2.21. The molecule has 0 spiro atoms. The maximum atomic E-state index is 13.0. The first kappa shape index (κ1) is 17.3. The molecule has 1 aliphatic rings. The average Bonchev–Trinajstić information content (AvgIpc) is 3.00. The molecule has 4 rings (SSSR count). The molecule has 0 saturated carbocycles. The van der Waals surface area contributed by atoms with Crippen molar-refractivity contribution in [2.45, 2.75) is 32.6 Å². The molecule has 0 saturated heterocycles. The Morgan fingerprint density at radius 3 is 2.93 bits per heavy atom. The monoisotopic (exact) mass is 384 g/mol. The van der Waals surface area contributed by atoms with Gasteiger partial charge in [0.2, 0.25) is 0 Å². The summed E-state index contributed by atoms with van der Waals surface area (Å²) in [6, 6.07) is 3.64. The van der Waals surface area contributed by atoms with E-state index in [0.29, 0.717) is 11.2 Å². The van der Waals surface area contributed by atoms with Crippen molar-refractivity contribution in [2.24, 2.45) is 5.10 Å². The summed E-state index contributed by atoms with van der Waals surface area (Å²) >= 11 is 1.57. The van der Waals surface area contributed by atoms with Crippen LogP contribution in [0, 0.1) is 17.0 Å². The van der Waals surface area contributed by atoms with E-state index in [2.05, 4.69) is 10.1 Å². The van der Waals surface area contributed by atoms with Crippen LogP contribution in [0.4, 0.5) is 5.69 Å². The van der Waals surface area contributed by atoms with Crippen LogP contribution < -0.4 is 5.56 Å². The first-order valence-corrected chi connectivity index (χ1v) is 9.33. The average molecular weight is 384 g/mol. The van der Waals surface area contributed by atoms with Gasteiger partial charge in [0.15, 0.2) is 0 Å². The van der Waals surface area contributed by atoms with E-state index in [-0.39, 0.29) is 22.6 Å². The standard InChI is InChI=1S/C18H16N4O4S/c1-10-20-17-16(13-4-2-3-5-15(13)27-17)18(24)21(10)19-9-11-8-12(22(25)26)6-7-14(11)23/h6-9,23H,2-5H2,1H3/b19-9+. The van der Waals surface area contributed by atoms with E-state index in [1.54, 1.807) is 18.3 Å². The molecule has 0 aliphatic heterocycles. The Kier molecular flexibility index (Phi) is 4.23. The van der Waals surface area contributed by atoms with Crippen molar-refractivity contribution in [3.8, 4) is 5.75 Å². The number of phenolic OH excluding ortho intramolecular Hbond substituents is 1. The maximum Gasteiger partial charge on any atom is 0.283 e. The highest BCUT2D eigenvalue weighted by molar-refractivity contribution is 7.18. The number of aromatic hydroxyl groups is 1. The molecule has 0 bridgehead atoms. The Bertz CT molecular complexity index is 1160. The van der Waals surface area contributed by atoms with Gasteiger partial charge in [0.1, 0.15) is 16.4 Å². The summed E-state index contributed by atoms with van der Waals surface area (Å²) in [6.07, 6.45) is 5.25. The molecule has 8 nitrogen and oxygen atoms in total. The molecule has 2 heterocycles. The zero-order valence-corrected chi connectivity index (χ0v) is 15.3. The molecule has 0 atom stereocenters. The lowest BCUT2D eigenvalue weighted by Gasteiger charge is -2.10. The molecule has 2 aromatic heterocycles. The van der Waals surface area contributed by atoms with Crippen molar-refractivity contribution in [3.63, 3.8) is 0 Å². The maximum absolute atomic E-state index is 13.0. The molecule has 0 fully saturated rings. The summed E-state index contributed by atoms with van der Waals surface area (Å²) in [7, 11) is 0. The smallest absolute Gasteiger partial charge is 0.283 e. The zero-order chi connectivity index (χ0) is 19.1. The minimum Gasteiger partial charge on any atom is -0.507 e. The topological polar surface area (TPSA) is 111 Å². The zero-order valence-electron chi connectivity index (χ0n) is 14.5. The molecule has 1 aliphatic carbocycles. The molecule has 3 aromatic rings. The van der Waals surface area contributed by atoms with Crippen LogP contribution in [0.5, 0.6) is 5.75 Å². The minimum absolute atomic E-state index is 0.156. The van der Waals surface area contributed by atoms with Crippen LogP contribution in [0.25, 0.3) is 10.2 Å².